The van der Waals surface area contributed by atoms with Crippen LogP contribution in [-0.2, 0) is 65.4 Å². The molecule has 2 unspecified atom stereocenters. The first-order chi connectivity index (χ1) is 52.5. The number of carbonyl (C=O) groups excluding carboxylic acids is 4. The highest BCUT2D eigenvalue weighted by molar-refractivity contribution is 7.47. The summed E-state index contributed by atoms with van der Waals surface area (Å²) in [5.41, 5.74) is 0. The van der Waals surface area contributed by atoms with Crippen molar-refractivity contribution in [3.63, 3.8) is 0 Å². The van der Waals surface area contributed by atoms with Gasteiger partial charge in [0.1, 0.15) is 19.3 Å². The molecule has 0 heterocycles. The van der Waals surface area contributed by atoms with Gasteiger partial charge in [-0.3, -0.25) is 37.3 Å². The Morgan fingerprint density at radius 2 is 0.426 bits per heavy atom. The molecular weight excluding hydrogens is 1400 g/mol. The average Bonchev–Trinajstić information content (AvgIpc) is 0.901. The molecule has 0 aromatic rings. The minimum atomic E-state index is -4.97. The SMILES string of the molecule is CCCCCCCCCCCCCCCCCCCCCCCC(=O)O[C@H](COC(=O)CCCCCCCCCCCCCCCCCCCCC)COP(=O)(O)OC[C@@H](O)COP(=O)(O)OC[C@@H](COC(=O)CCCCCCCCC(C)C)OC(=O)CCCCCCCCCCCCCCCCCCCCC. The lowest BCUT2D eigenvalue weighted by atomic mass is 10.0. The standard InChI is InChI=1S/C89H174O17P2/c1-6-9-12-15-18-21-24-27-30-33-36-37-40-43-46-49-52-55-58-64-69-74-88(93)105-84(78-99-86(91)72-67-62-56-53-50-47-44-41-38-34-31-28-25-22-19-16-13-10-7-2)80-103-107(95,96)101-76-83(90)77-102-108(97,98)104-81-85(79-100-87(92)73-68-63-60-59-61-66-71-82(4)5)106-89(94)75-70-65-57-54-51-48-45-42-39-35-32-29-26-23-20-17-14-11-8-3/h82-85,90H,6-81H2,1-5H3,(H,95,96)(H,97,98)/t83-,84-,85-/m1/s1. The molecule has 642 valence electrons. The van der Waals surface area contributed by atoms with Crippen LogP contribution in [0.25, 0.3) is 0 Å². The zero-order valence-corrected chi connectivity index (χ0v) is 72.8. The molecule has 0 saturated carbocycles. The molecule has 0 aliphatic rings. The molecule has 3 N–H and O–H groups in total. The largest absolute Gasteiger partial charge is 0.472 e. The van der Waals surface area contributed by atoms with Crippen molar-refractivity contribution in [2.24, 2.45) is 5.92 Å². The number of rotatable bonds is 89. The van der Waals surface area contributed by atoms with Crippen molar-refractivity contribution in [2.75, 3.05) is 39.6 Å². The van der Waals surface area contributed by atoms with E-state index in [-0.39, 0.29) is 25.7 Å². The van der Waals surface area contributed by atoms with Crippen molar-refractivity contribution in [1.82, 2.24) is 0 Å². The summed E-state index contributed by atoms with van der Waals surface area (Å²) in [4.78, 5) is 73.3. The van der Waals surface area contributed by atoms with Gasteiger partial charge in [-0.1, -0.05) is 433 Å². The molecule has 0 rings (SSSR count). The highest BCUT2D eigenvalue weighted by Gasteiger charge is 2.30. The summed E-state index contributed by atoms with van der Waals surface area (Å²) in [7, 11) is -9.93. The number of aliphatic hydroxyl groups excluding tert-OH is 1. The lowest BCUT2D eigenvalue weighted by molar-refractivity contribution is -0.161. The second-order valence-electron chi connectivity index (χ2n) is 32.5. The number of unbranched alkanes of at least 4 members (excludes halogenated alkanes) is 61. The highest BCUT2D eigenvalue weighted by Crippen LogP contribution is 2.45. The topological polar surface area (TPSA) is 237 Å². The molecule has 0 spiro atoms. The van der Waals surface area contributed by atoms with E-state index in [1.165, 1.54) is 302 Å². The van der Waals surface area contributed by atoms with E-state index in [0.29, 0.717) is 31.6 Å². The third-order valence-corrected chi connectivity index (χ3v) is 22.9. The summed E-state index contributed by atoms with van der Waals surface area (Å²) in [6.07, 6.45) is 76.8. The average molecular weight is 1580 g/mol. The number of phosphoric ester groups is 2. The molecule has 5 atom stereocenters. The first kappa shape index (κ1) is 106. The van der Waals surface area contributed by atoms with Crippen LogP contribution in [0, 0.1) is 5.92 Å². The van der Waals surface area contributed by atoms with Crippen LogP contribution in [0.15, 0.2) is 0 Å². The van der Waals surface area contributed by atoms with Crippen LogP contribution in [0.2, 0.25) is 0 Å². The van der Waals surface area contributed by atoms with E-state index in [4.69, 9.17) is 37.0 Å². The lowest BCUT2D eigenvalue weighted by Crippen LogP contribution is -2.30. The Bertz CT molecular complexity index is 2050. The molecule has 0 bridgehead atoms. The predicted octanol–water partition coefficient (Wildman–Crippen LogP) is 27.5. The van der Waals surface area contributed by atoms with Gasteiger partial charge in [-0.25, -0.2) is 9.13 Å². The summed E-state index contributed by atoms with van der Waals surface area (Å²) in [5.74, 6) is -1.42. The van der Waals surface area contributed by atoms with E-state index in [0.717, 1.165) is 96.3 Å². The normalized spacial score (nSPS) is 13.7. The van der Waals surface area contributed by atoms with Crippen molar-refractivity contribution in [3.8, 4) is 0 Å². The molecule has 19 heteroatoms. The molecule has 0 aromatic carbocycles. The highest BCUT2D eigenvalue weighted by atomic mass is 31.2. The van der Waals surface area contributed by atoms with Crippen molar-refractivity contribution < 1.29 is 80.2 Å². The second kappa shape index (κ2) is 81.6. The maximum Gasteiger partial charge on any atom is 0.472 e. The zero-order valence-electron chi connectivity index (χ0n) is 71.0. The number of carbonyl (C=O) groups is 4. The van der Waals surface area contributed by atoms with E-state index in [2.05, 4.69) is 34.6 Å². The number of aliphatic hydroxyl groups is 1. The van der Waals surface area contributed by atoms with Crippen LogP contribution in [0.5, 0.6) is 0 Å². The van der Waals surface area contributed by atoms with E-state index < -0.39 is 97.5 Å². The van der Waals surface area contributed by atoms with Crippen LogP contribution in [0.4, 0.5) is 0 Å². The van der Waals surface area contributed by atoms with Gasteiger partial charge in [0.25, 0.3) is 0 Å². The first-order valence-electron chi connectivity index (χ1n) is 46.1. The maximum absolute atomic E-state index is 13.2. The van der Waals surface area contributed by atoms with Gasteiger partial charge in [0, 0.05) is 25.7 Å². The van der Waals surface area contributed by atoms with Crippen LogP contribution >= 0.6 is 15.6 Å². The van der Waals surface area contributed by atoms with E-state index in [9.17, 15) is 43.2 Å². The van der Waals surface area contributed by atoms with E-state index in [1.807, 2.05) is 0 Å². The Balaban J connectivity index is 5.19. The van der Waals surface area contributed by atoms with Gasteiger partial charge in [-0.2, -0.15) is 0 Å². The van der Waals surface area contributed by atoms with Crippen LogP contribution in [0.1, 0.15) is 484 Å². The molecule has 0 amide bonds. The van der Waals surface area contributed by atoms with Gasteiger partial charge in [0.05, 0.1) is 26.4 Å². The maximum atomic E-state index is 13.2. The van der Waals surface area contributed by atoms with Crippen molar-refractivity contribution in [1.29, 1.82) is 0 Å². The summed E-state index contributed by atoms with van der Waals surface area (Å²) in [5, 5.41) is 10.7. The molecule has 0 saturated heterocycles. The van der Waals surface area contributed by atoms with Gasteiger partial charge in [0.15, 0.2) is 12.2 Å². The molecular formula is C89H174O17P2. The van der Waals surface area contributed by atoms with Crippen LogP contribution in [0.3, 0.4) is 0 Å². The Kier molecular flexibility index (Phi) is 80.2. The third-order valence-electron chi connectivity index (χ3n) is 21.0. The van der Waals surface area contributed by atoms with E-state index in [1.54, 1.807) is 0 Å². The predicted molar refractivity (Wildman–Crippen MR) is 446 cm³/mol. The third kappa shape index (κ3) is 82.1. The number of hydrogen-bond donors (Lipinski definition) is 3. The monoisotopic (exact) mass is 1580 g/mol. The summed E-state index contributed by atoms with van der Waals surface area (Å²) in [6.45, 7) is 7.30. The van der Waals surface area contributed by atoms with Crippen molar-refractivity contribution in [2.45, 2.75) is 502 Å². The Hall–Kier alpha value is -1.94. The lowest BCUT2D eigenvalue weighted by Gasteiger charge is -2.21. The van der Waals surface area contributed by atoms with Crippen LogP contribution in [-0.4, -0.2) is 96.7 Å². The molecule has 0 fully saturated rings. The Morgan fingerprint density at radius 3 is 0.630 bits per heavy atom. The summed E-state index contributed by atoms with van der Waals surface area (Å²) < 4.78 is 68.9. The molecule has 17 nitrogen and oxygen atoms in total. The number of hydrogen-bond acceptors (Lipinski definition) is 15. The summed E-state index contributed by atoms with van der Waals surface area (Å²) in [6, 6.07) is 0. The molecule has 0 aliphatic heterocycles. The van der Waals surface area contributed by atoms with Crippen LogP contribution < -0.4 is 0 Å². The fourth-order valence-corrected chi connectivity index (χ4v) is 15.6. The Morgan fingerprint density at radius 1 is 0.250 bits per heavy atom. The van der Waals surface area contributed by atoms with Gasteiger partial charge in [-0.15, -0.1) is 0 Å². The number of esters is 4. The summed E-state index contributed by atoms with van der Waals surface area (Å²) >= 11 is 0. The van der Waals surface area contributed by atoms with E-state index >= 15 is 0 Å². The zero-order chi connectivity index (χ0) is 79.0. The minimum absolute atomic E-state index is 0.108. The van der Waals surface area contributed by atoms with Gasteiger partial charge in [0.2, 0.25) is 0 Å². The van der Waals surface area contributed by atoms with Crippen molar-refractivity contribution in [3.05, 3.63) is 0 Å². The fourth-order valence-electron chi connectivity index (χ4n) is 14.0. The first-order valence-corrected chi connectivity index (χ1v) is 49.1. The minimum Gasteiger partial charge on any atom is -0.462 e. The second-order valence-corrected chi connectivity index (χ2v) is 35.4. The number of phosphoric acid groups is 2. The molecule has 0 aliphatic carbocycles. The van der Waals surface area contributed by atoms with Crippen molar-refractivity contribution >= 4 is 39.5 Å². The molecule has 0 radical (unpaired) electrons. The fraction of sp³-hybridized carbons (Fsp3) is 0.955. The van der Waals surface area contributed by atoms with Gasteiger partial charge < -0.3 is 33.8 Å². The quantitative estimate of drug-likeness (QED) is 0.0222. The number of ether oxygens (including phenoxy) is 4. The smallest absolute Gasteiger partial charge is 0.462 e. The molecule has 108 heavy (non-hydrogen) atoms. The van der Waals surface area contributed by atoms with Gasteiger partial charge in [-0.05, 0) is 31.6 Å². The molecule has 0 aromatic heterocycles. The van der Waals surface area contributed by atoms with Gasteiger partial charge >= 0.3 is 39.5 Å². The Labute approximate surface area is 664 Å².